The normalized spacial score (nSPS) is 14.2. The van der Waals surface area contributed by atoms with Gasteiger partial charge in [-0.25, -0.2) is 9.79 Å². The fourth-order valence-corrected chi connectivity index (χ4v) is 6.42. The van der Waals surface area contributed by atoms with Crippen LogP contribution < -0.4 is 33.8 Å². The van der Waals surface area contributed by atoms with E-state index in [4.69, 9.17) is 23.7 Å². The molecule has 1 atom stereocenters. The van der Waals surface area contributed by atoms with Gasteiger partial charge in [0.25, 0.3) is 5.56 Å². The van der Waals surface area contributed by atoms with Crippen molar-refractivity contribution in [2.24, 2.45) is 4.99 Å². The Balaban J connectivity index is 1.57. The van der Waals surface area contributed by atoms with Crippen LogP contribution in [0, 0.1) is 6.92 Å². The number of hydrogen-bond donors (Lipinski definition) is 0. The molecular formula is C34H33BrN2O7S. The number of nitrogens with zero attached hydrogens (tertiary/aromatic N) is 2. The van der Waals surface area contributed by atoms with Crippen molar-refractivity contribution in [3.05, 3.63) is 113 Å². The van der Waals surface area contributed by atoms with Crippen LogP contribution >= 0.6 is 27.3 Å². The molecule has 0 bridgehead atoms. The van der Waals surface area contributed by atoms with Crippen LogP contribution in [0.3, 0.4) is 0 Å². The van der Waals surface area contributed by atoms with Crippen molar-refractivity contribution in [3.8, 4) is 23.0 Å². The molecule has 0 amide bonds. The van der Waals surface area contributed by atoms with E-state index in [1.165, 1.54) is 29.2 Å². The summed E-state index contributed by atoms with van der Waals surface area (Å²) in [5.74, 6) is 1.59. The van der Waals surface area contributed by atoms with Crippen molar-refractivity contribution in [1.82, 2.24) is 4.57 Å². The van der Waals surface area contributed by atoms with Crippen LogP contribution in [0.25, 0.3) is 6.08 Å². The van der Waals surface area contributed by atoms with E-state index in [9.17, 15) is 9.59 Å². The Labute approximate surface area is 273 Å². The van der Waals surface area contributed by atoms with E-state index in [1.807, 2.05) is 57.2 Å². The number of aryl methyl sites for hydroxylation is 1. The van der Waals surface area contributed by atoms with Gasteiger partial charge in [-0.1, -0.05) is 63.2 Å². The van der Waals surface area contributed by atoms with Crippen LogP contribution in [0.1, 0.15) is 42.1 Å². The zero-order chi connectivity index (χ0) is 32.1. The molecule has 234 valence electrons. The van der Waals surface area contributed by atoms with Crippen LogP contribution in [0.15, 0.2) is 80.6 Å². The largest absolute Gasteiger partial charge is 0.493 e. The molecule has 11 heteroatoms. The van der Waals surface area contributed by atoms with Crippen LogP contribution in [-0.4, -0.2) is 38.0 Å². The molecule has 0 fully saturated rings. The summed E-state index contributed by atoms with van der Waals surface area (Å²) in [5.41, 5.74) is 3.47. The zero-order valence-corrected chi connectivity index (χ0v) is 28.0. The molecular weight excluding hydrogens is 660 g/mol. The number of halogens is 1. The van der Waals surface area contributed by atoms with E-state index in [-0.39, 0.29) is 11.1 Å². The first-order valence-electron chi connectivity index (χ1n) is 14.3. The maximum absolute atomic E-state index is 14.0. The summed E-state index contributed by atoms with van der Waals surface area (Å²) in [4.78, 5) is 31.8. The topological polar surface area (TPSA) is 97.6 Å². The van der Waals surface area contributed by atoms with Gasteiger partial charge >= 0.3 is 5.97 Å². The van der Waals surface area contributed by atoms with Crippen molar-refractivity contribution < 1.29 is 28.5 Å². The smallest absolute Gasteiger partial charge is 0.337 e. The Hall–Kier alpha value is -4.35. The Morgan fingerprint density at radius 1 is 0.978 bits per heavy atom. The third kappa shape index (κ3) is 6.84. The molecule has 1 aromatic heterocycles. The van der Waals surface area contributed by atoms with Crippen LogP contribution in [0.2, 0.25) is 0 Å². The molecule has 2 heterocycles. The van der Waals surface area contributed by atoms with Gasteiger partial charge in [-0.05, 0) is 67.8 Å². The van der Waals surface area contributed by atoms with Crippen molar-refractivity contribution >= 4 is 39.3 Å². The number of carbonyl (C=O) groups is 1. The molecule has 0 aliphatic carbocycles. The molecule has 0 saturated carbocycles. The summed E-state index contributed by atoms with van der Waals surface area (Å²) in [6.07, 6.45) is 3.23. The first kappa shape index (κ1) is 32.1. The molecule has 0 radical (unpaired) electrons. The summed E-state index contributed by atoms with van der Waals surface area (Å²) in [5, 5.41) is 0. The number of benzene rings is 3. The summed E-state index contributed by atoms with van der Waals surface area (Å²) >= 11 is 4.86. The second-order valence-corrected chi connectivity index (χ2v) is 11.9. The summed E-state index contributed by atoms with van der Waals surface area (Å²) in [6.45, 7) is 7.05. The molecule has 5 rings (SSSR count). The second kappa shape index (κ2) is 14.2. The van der Waals surface area contributed by atoms with Gasteiger partial charge in [0.05, 0.1) is 43.6 Å². The van der Waals surface area contributed by atoms with Crippen molar-refractivity contribution in [2.75, 3.05) is 27.4 Å². The predicted octanol–water partition coefficient (Wildman–Crippen LogP) is 5.47. The van der Waals surface area contributed by atoms with E-state index in [1.54, 1.807) is 25.3 Å². The summed E-state index contributed by atoms with van der Waals surface area (Å²) in [7, 11) is 2.87. The first-order chi connectivity index (χ1) is 21.8. The fraction of sp³-hybridized carbons (Fsp3) is 0.265. The number of thiazole rings is 1. The van der Waals surface area contributed by atoms with Crippen LogP contribution in [0.5, 0.6) is 23.0 Å². The van der Waals surface area contributed by atoms with Crippen molar-refractivity contribution in [1.29, 1.82) is 0 Å². The summed E-state index contributed by atoms with van der Waals surface area (Å²) in [6, 6.07) is 16.3. The maximum atomic E-state index is 14.0. The molecule has 45 heavy (non-hydrogen) atoms. The van der Waals surface area contributed by atoms with E-state index in [0.29, 0.717) is 67.8 Å². The highest BCUT2D eigenvalue weighted by Crippen LogP contribution is 2.36. The van der Waals surface area contributed by atoms with Gasteiger partial charge in [0.1, 0.15) is 6.61 Å². The minimum Gasteiger partial charge on any atom is -0.493 e. The fourth-order valence-electron chi connectivity index (χ4n) is 5.03. The van der Waals surface area contributed by atoms with Gasteiger partial charge in [-0.2, -0.15) is 0 Å². The molecule has 1 aliphatic heterocycles. The highest BCUT2D eigenvalue weighted by atomic mass is 79.9. The third-order valence-corrected chi connectivity index (χ3v) is 8.74. The van der Waals surface area contributed by atoms with Crippen LogP contribution in [-0.2, 0) is 16.1 Å². The SMILES string of the molecule is CCOc1ccc([C@@H]2C(C(=O)OC)=CN=c3s/c(=C\c4cc(OC)c(OCc5cccc(C)c5)cc4Br)c(=O)n32)cc1OCC. The Morgan fingerprint density at radius 3 is 2.44 bits per heavy atom. The number of ether oxygens (including phenoxy) is 5. The van der Waals surface area contributed by atoms with Crippen molar-refractivity contribution in [3.63, 3.8) is 0 Å². The average Bonchev–Trinajstić information content (AvgIpc) is 3.35. The third-order valence-electron chi connectivity index (χ3n) is 7.05. The lowest BCUT2D eigenvalue weighted by Crippen LogP contribution is -2.39. The number of aromatic nitrogens is 1. The molecule has 0 saturated heterocycles. The minimum atomic E-state index is -0.791. The Bertz CT molecular complexity index is 1950. The molecule has 3 aromatic carbocycles. The van der Waals surface area contributed by atoms with Gasteiger partial charge in [-0.3, -0.25) is 9.36 Å². The molecule has 0 unspecified atom stereocenters. The number of esters is 1. The Morgan fingerprint density at radius 2 is 1.73 bits per heavy atom. The maximum Gasteiger partial charge on any atom is 0.337 e. The van der Waals surface area contributed by atoms with E-state index in [2.05, 4.69) is 27.0 Å². The number of rotatable bonds is 11. The Kier molecular flexibility index (Phi) is 10.1. The second-order valence-electron chi connectivity index (χ2n) is 10.1. The number of hydrogen-bond acceptors (Lipinski definition) is 9. The highest BCUT2D eigenvalue weighted by Gasteiger charge is 2.31. The summed E-state index contributed by atoms with van der Waals surface area (Å²) < 4.78 is 31.0. The van der Waals surface area contributed by atoms with E-state index >= 15 is 0 Å². The standard InChI is InChI=1S/C34H33BrN2O7S/c1-6-42-26-12-11-22(14-28(26)43-7-2)31-24(33(39)41-5)18-36-34-37(31)32(38)30(45-34)16-23-15-27(40-4)29(17-25(23)35)44-19-21-10-8-9-20(3)13-21/h8-18,31H,6-7,19H2,1-5H3/b30-16-/t31-/m1/s1. The monoisotopic (exact) mass is 692 g/mol. The van der Waals surface area contributed by atoms with Gasteiger partial charge in [0.15, 0.2) is 27.8 Å². The molecule has 9 nitrogen and oxygen atoms in total. The van der Waals surface area contributed by atoms with Crippen LogP contribution in [0.4, 0.5) is 0 Å². The highest BCUT2D eigenvalue weighted by molar-refractivity contribution is 9.10. The minimum absolute atomic E-state index is 0.223. The lowest BCUT2D eigenvalue weighted by atomic mass is 9.97. The predicted molar refractivity (Wildman–Crippen MR) is 176 cm³/mol. The molecule has 4 aromatic rings. The molecule has 0 spiro atoms. The molecule has 1 aliphatic rings. The van der Waals surface area contributed by atoms with Gasteiger partial charge < -0.3 is 23.7 Å². The molecule has 0 N–H and O–H groups in total. The van der Waals surface area contributed by atoms with E-state index in [0.717, 1.165) is 11.1 Å². The van der Waals surface area contributed by atoms with Gasteiger partial charge in [0, 0.05) is 10.7 Å². The lowest BCUT2D eigenvalue weighted by Gasteiger charge is -2.23. The number of methoxy groups -OCH3 is 2. The van der Waals surface area contributed by atoms with Gasteiger partial charge in [0.2, 0.25) is 0 Å². The average molecular weight is 694 g/mol. The first-order valence-corrected chi connectivity index (χ1v) is 15.9. The van der Waals surface area contributed by atoms with E-state index < -0.39 is 12.0 Å². The zero-order valence-electron chi connectivity index (χ0n) is 25.6. The quantitative estimate of drug-likeness (QED) is 0.192. The van der Waals surface area contributed by atoms with Gasteiger partial charge in [-0.15, -0.1) is 0 Å². The van der Waals surface area contributed by atoms with Crippen molar-refractivity contribution in [2.45, 2.75) is 33.4 Å². The number of fused-ring (bicyclic) bond motifs is 1. The number of carbonyl (C=O) groups excluding carboxylic acids is 1. The lowest BCUT2D eigenvalue weighted by molar-refractivity contribution is -0.136.